The molecule has 2 rings (SSSR count). The Morgan fingerprint density at radius 3 is 2.65 bits per heavy atom. The molecule has 1 aromatic carbocycles. The van der Waals surface area contributed by atoms with Crippen LogP contribution in [0.5, 0.6) is 5.75 Å². The van der Waals surface area contributed by atoms with Gasteiger partial charge < -0.3 is 9.84 Å². The lowest BCUT2D eigenvalue weighted by atomic mass is 9.99. The molecular formula is C14H15BrN2O3. The van der Waals surface area contributed by atoms with Gasteiger partial charge >= 0.3 is 5.97 Å². The number of halogens is 1. The van der Waals surface area contributed by atoms with Crippen LogP contribution in [0.4, 0.5) is 0 Å². The lowest BCUT2D eigenvalue weighted by Gasteiger charge is -2.11. The van der Waals surface area contributed by atoms with Gasteiger partial charge in [-0.2, -0.15) is 5.10 Å². The minimum atomic E-state index is -1.06. The molecule has 6 heteroatoms. The van der Waals surface area contributed by atoms with Crippen LogP contribution in [-0.2, 0) is 0 Å². The number of H-pyrrole nitrogens is 1. The quantitative estimate of drug-likeness (QED) is 0.891. The Bertz CT molecular complexity index is 650. The van der Waals surface area contributed by atoms with Crippen molar-refractivity contribution in [3.8, 4) is 17.0 Å². The molecule has 1 heterocycles. The number of carboxylic acids is 1. The third kappa shape index (κ3) is 2.56. The first-order valence-electron chi connectivity index (χ1n) is 6.11. The number of ether oxygens (including phenoxy) is 1. The van der Waals surface area contributed by atoms with E-state index in [0.29, 0.717) is 21.8 Å². The lowest BCUT2D eigenvalue weighted by molar-refractivity contribution is 0.0689. The summed E-state index contributed by atoms with van der Waals surface area (Å²) in [6, 6.07) is 5.83. The van der Waals surface area contributed by atoms with Crippen LogP contribution in [0.3, 0.4) is 0 Å². The van der Waals surface area contributed by atoms with E-state index in [1.54, 1.807) is 7.11 Å². The SMILES string of the molecule is COc1ccc(C(C)C)cc1-c1n[nH]c(C(=O)O)c1Br. The van der Waals surface area contributed by atoms with Crippen LogP contribution in [0.25, 0.3) is 11.3 Å². The van der Waals surface area contributed by atoms with Gasteiger partial charge in [-0.1, -0.05) is 19.9 Å². The third-order valence-corrected chi connectivity index (χ3v) is 3.84. The zero-order valence-electron chi connectivity index (χ0n) is 11.4. The summed E-state index contributed by atoms with van der Waals surface area (Å²) in [5.74, 6) is -0.0514. The Morgan fingerprint density at radius 2 is 2.15 bits per heavy atom. The fourth-order valence-electron chi connectivity index (χ4n) is 1.92. The molecule has 106 valence electrons. The minimum Gasteiger partial charge on any atom is -0.496 e. The van der Waals surface area contributed by atoms with Gasteiger partial charge in [-0.05, 0) is 39.5 Å². The van der Waals surface area contributed by atoms with Gasteiger partial charge in [-0.15, -0.1) is 0 Å². The van der Waals surface area contributed by atoms with E-state index in [1.807, 2.05) is 18.2 Å². The zero-order valence-corrected chi connectivity index (χ0v) is 13.0. The van der Waals surface area contributed by atoms with Crippen LogP contribution >= 0.6 is 15.9 Å². The van der Waals surface area contributed by atoms with Gasteiger partial charge in [-0.25, -0.2) is 4.79 Å². The Balaban J connectivity index is 2.61. The van der Waals surface area contributed by atoms with Gasteiger partial charge in [0.05, 0.1) is 11.6 Å². The number of carboxylic acid groups (broad SMARTS) is 1. The zero-order chi connectivity index (χ0) is 14.9. The first-order valence-corrected chi connectivity index (χ1v) is 6.90. The Kier molecular flexibility index (Phi) is 4.13. The molecular weight excluding hydrogens is 324 g/mol. The summed E-state index contributed by atoms with van der Waals surface area (Å²) in [7, 11) is 1.58. The molecule has 0 saturated carbocycles. The first kappa shape index (κ1) is 14.6. The summed E-state index contributed by atoms with van der Waals surface area (Å²) in [4.78, 5) is 11.1. The second-order valence-electron chi connectivity index (χ2n) is 4.68. The summed E-state index contributed by atoms with van der Waals surface area (Å²) in [5, 5.41) is 15.7. The molecule has 0 fully saturated rings. The van der Waals surface area contributed by atoms with E-state index in [0.717, 1.165) is 11.1 Å². The van der Waals surface area contributed by atoms with Crippen molar-refractivity contribution < 1.29 is 14.6 Å². The number of aromatic carboxylic acids is 1. The number of hydrogen-bond donors (Lipinski definition) is 2. The van der Waals surface area contributed by atoms with Crippen molar-refractivity contribution in [2.75, 3.05) is 7.11 Å². The van der Waals surface area contributed by atoms with E-state index < -0.39 is 5.97 Å². The van der Waals surface area contributed by atoms with Gasteiger partial charge in [0.2, 0.25) is 0 Å². The number of hydrogen-bond acceptors (Lipinski definition) is 3. The number of aromatic nitrogens is 2. The Morgan fingerprint density at radius 1 is 1.45 bits per heavy atom. The van der Waals surface area contributed by atoms with E-state index in [-0.39, 0.29) is 5.69 Å². The summed E-state index contributed by atoms with van der Waals surface area (Å²) in [5.41, 5.74) is 2.45. The van der Waals surface area contributed by atoms with Gasteiger partial charge in [0.1, 0.15) is 11.4 Å². The molecule has 5 nitrogen and oxygen atoms in total. The number of methoxy groups -OCH3 is 1. The van der Waals surface area contributed by atoms with E-state index in [9.17, 15) is 4.79 Å². The van der Waals surface area contributed by atoms with Crippen molar-refractivity contribution in [2.24, 2.45) is 0 Å². The van der Waals surface area contributed by atoms with Crippen molar-refractivity contribution in [2.45, 2.75) is 19.8 Å². The maximum Gasteiger partial charge on any atom is 0.355 e. The first-order chi connectivity index (χ1) is 9.45. The van der Waals surface area contributed by atoms with Gasteiger partial charge in [0, 0.05) is 5.56 Å². The topological polar surface area (TPSA) is 75.2 Å². The normalized spacial score (nSPS) is 10.8. The maximum absolute atomic E-state index is 11.1. The van der Waals surface area contributed by atoms with Crippen molar-refractivity contribution >= 4 is 21.9 Å². The average Bonchev–Trinajstić information content (AvgIpc) is 2.79. The Labute approximate surface area is 125 Å². The predicted octanol–water partition coefficient (Wildman–Crippen LogP) is 3.67. The summed E-state index contributed by atoms with van der Waals surface area (Å²) < 4.78 is 5.76. The van der Waals surface area contributed by atoms with Gasteiger partial charge in [0.25, 0.3) is 0 Å². The molecule has 0 radical (unpaired) electrons. The number of nitrogens with zero attached hydrogens (tertiary/aromatic N) is 1. The molecule has 0 spiro atoms. The van der Waals surface area contributed by atoms with Crippen molar-refractivity contribution in [3.05, 3.63) is 33.9 Å². The molecule has 0 bridgehead atoms. The molecule has 2 aromatic rings. The minimum absolute atomic E-state index is 0.0250. The molecule has 0 aliphatic rings. The van der Waals surface area contributed by atoms with Crippen molar-refractivity contribution in [1.82, 2.24) is 10.2 Å². The van der Waals surface area contributed by atoms with E-state index in [2.05, 4.69) is 40.0 Å². The molecule has 20 heavy (non-hydrogen) atoms. The van der Waals surface area contributed by atoms with E-state index >= 15 is 0 Å². The van der Waals surface area contributed by atoms with Gasteiger partial charge in [0.15, 0.2) is 5.69 Å². The highest BCUT2D eigenvalue weighted by atomic mass is 79.9. The molecule has 0 saturated heterocycles. The second kappa shape index (κ2) is 5.66. The van der Waals surface area contributed by atoms with Crippen LogP contribution in [-0.4, -0.2) is 28.4 Å². The number of carbonyl (C=O) groups is 1. The molecule has 0 amide bonds. The van der Waals surface area contributed by atoms with Crippen LogP contribution in [0.15, 0.2) is 22.7 Å². The predicted molar refractivity (Wildman–Crippen MR) is 79.3 cm³/mol. The molecule has 0 unspecified atom stereocenters. The average molecular weight is 339 g/mol. The highest BCUT2D eigenvalue weighted by molar-refractivity contribution is 9.10. The largest absolute Gasteiger partial charge is 0.496 e. The van der Waals surface area contributed by atoms with Crippen LogP contribution in [0.1, 0.15) is 35.8 Å². The molecule has 2 N–H and O–H groups in total. The summed E-state index contributed by atoms with van der Waals surface area (Å²) >= 11 is 3.28. The highest BCUT2D eigenvalue weighted by Crippen LogP contribution is 2.36. The van der Waals surface area contributed by atoms with Crippen molar-refractivity contribution in [1.29, 1.82) is 0 Å². The van der Waals surface area contributed by atoms with E-state index in [1.165, 1.54) is 0 Å². The fourth-order valence-corrected chi connectivity index (χ4v) is 2.48. The molecule has 0 aliphatic carbocycles. The number of nitrogens with one attached hydrogen (secondary N) is 1. The lowest BCUT2D eigenvalue weighted by Crippen LogP contribution is -1.97. The second-order valence-corrected chi connectivity index (χ2v) is 5.47. The summed E-state index contributed by atoms with van der Waals surface area (Å²) in [6.45, 7) is 4.18. The maximum atomic E-state index is 11.1. The van der Waals surface area contributed by atoms with Crippen LogP contribution in [0.2, 0.25) is 0 Å². The monoisotopic (exact) mass is 338 g/mol. The van der Waals surface area contributed by atoms with Gasteiger partial charge in [-0.3, -0.25) is 5.10 Å². The number of rotatable bonds is 4. The third-order valence-electron chi connectivity index (χ3n) is 3.07. The smallest absolute Gasteiger partial charge is 0.355 e. The number of aromatic amines is 1. The molecule has 0 atom stereocenters. The van der Waals surface area contributed by atoms with Crippen LogP contribution < -0.4 is 4.74 Å². The Hall–Kier alpha value is -1.82. The standard InChI is InChI=1S/C14H15BrN2O3/c1-7(2)8-4-5-10(20-3)9(6-8)12-11(15)13(14(18)19)17-16-12/h4-7H,1-3H3,(H,16,17)(H,18,19). The number of benzene rings is 1. The van der Waals surface area contributed by atoms with Crippen LogP contribution in [0, 0.1) is 0 Å². The highest BCUT2D eigenvalue weighted by Gasteiger charge is 2.20. The fraction of sp³-hybridized carbons (Fsp3) is 0.286. The summed E-state index contributed by atoms with van der Waals surface area (Å²) in [6.07, 6.45) is 0. The van der Waals surface area contributed by atoms with Crippen molar-refractivity contribution in [3.63, 3.8) is 0 Å². The molecule has 0 aliphatic heterocycles. The van der Waals surface area contributed by atoms with E-state index in [4.69, 9.17) is 9.84 Å². The molecule has 1 aromatic heterocycles.